The van der Waals surface area contributed by atoms with E-state index in [1.165, 1.54) is 18.3 Å². The van der Waals surface area contributed by atoms with Crippen LogP contribution in [0, 0.1) is 0 Å². The molecule has 104 valence electrons. The first-order chi connectivity index (χ1) is 9.49. The molecule has 0 spiro atoms. The first-order valence-electron chi connectivity index (χ1n) is 5.70. The molecule has 0 fully saturated rings. The lowest BCUT2D eigenvalue weighted by Crippen LogP contribution is -2.13. The number of aromatic carboxylic acids is 1. The van der Waals surface area contributed by atoms with Crippen LogP contribution in [0.25, 0.3) is 6.08 Å². The highest BCUT2D eigenvalue weighted by molar-refractivity contribution is 7.90. The van der Waals surface area contributed by atoms with Crippen LogP contribution in [0.3, 0.4) is 0 Å². The van der Waals surface area contributed by atoms with Gasteiger partial charge in [0, 0.05) is 24.8 Å². The molecule has 0 atom stereocenters. The third kappa shape index (κ3) is 3.33. The van der Waals surface area contributed by atoms with Gasteiger partial charge in [-0.3, -0.25) is 8.96 Å². The molecule has 2 rings (SSSR count). The number of rotatable bonds is 5. The van der Waals surface area contributed by atoms with E-state index >= 15 is 0 Å². The van der Waals surface area contributed by atoms with Gasteiger partial charge < -0.3 is 5.11 Å². The van der Waals surface area contributed by atoms with E-state index in [-0.39, 0.29) is 11.3 Å². The molecule has 7 heteroatoms. The molecule has 20 heavy (non-hydrogen) atoms. The highest BCUT2D eigenvalue weighted by Crippen LogP contribution is 2.07. The standard InChI is InChI=1S/C13H12N2O4S/c16-13(17)12-5-7-15(10-12)20(18,19)8-2-4-11-3-1-6-14-9-11/h1-7,9-10H,8H2,(H,16,17). The minimum absolute atomic E-state index is 0.0650. The van der Waals surface area contributed by atoms with Crippen LogP contribution in [-0.2, 0) is 10.0 Å². The van der Waals surface area contributed by atoms with E-state index in [2.05, 4.69) is 4.98 Å². The second-order valence-electron chi connectivity index (χ2n) is 4.00. The van der Waals surface area contributed by atoms with E-state index in [9.17, 15) is 13.2 Å². The summed E-state index contributed by atoms with van der Waals surface area (Å²) >= 11 is 0. The highest BCUT2D eigenvalue weighted by atomic mass is 32.2. The molecule has 0 aromatic carbocycles. The summed E-state index contributed by atoms with van der Waals surface area (Å²) in [5.74, 6) is -1.39. The minimum Gasteiger partial charge on any atom is -0.478 e. The van der Waals surface area contributed by atoms with E-state index in [1.54, 1.807) is 30.6 Å². The smallest absolute Gasteiger partial charge is 0.337 e. The van der Waals surface area contributed by atoms with Crippen molar-refractivity contribution in [2.75, 3.05) is 5.75 Å². The Labute approximate surface area is 116 Å². The maximum atomic E-state index is 12.0. The van der Waals surface area contributed by atoms with Crippen LogP contribution in [0.2, 0.25) is 0 Å². The Morgan fingerprint density at radius 2 is 2.20 bits per heavy atom. The monoisotopic (exact) mass is 292 g/mol. The fourth-order valence-corrected chi connectivity index (χ4v) is 2.57. The summed E-state index contributed by atoms with van der Waals surface area (Å²) in [6.45, 7) is 0. The fraction of sp³-hybridized carbons (Fsp3) is 0.0769. The van der Waals surface area contributed by atoms with Gasteiger partial charge in [0.05, 0.1) is 11.3 Å². The summed E-state index contributed by atoms with van der Waals surface area (Å²) in [7, 11) is -3.60. The van der Waals surface area contributed by atoms with Crippen molar-refractivity contribution in [3.63, 3.8) is 0 Å². The van der Waals surface area contributed by atoms with Crippen LogP contribution in [-0.4, -0.2) is 34.2 Å². The molecule has 0 saturated heterocycles. The lowest BCUT2D eigenvalue weighted by molar-refractivity contribution is 0.0697. The minimum atomic E-state index is -3.60. The molecule has 0 aliphatic carbocycles. The molecule has 0 radical (unpaired) electrons. The van der Waals surface area contributed by atoms with E-state index in [4.69, 9.17) is 5.11 Å². The Hall–Kier alpha value is -2.41. The Balaban J connectivity index is 2.11. The van der Waals surface area contributed by atoms with E-state index in [0.717, 1.165) is 15.7 Å². The van der Waals surface area contributed by atoms with Gasteiger partial charge in [0.1, 0.15) is 0 Å². The third-order valence-electron chi connectivity index (χ3n) is 2.54. The lowest BCUT2D eigenvalue weighted by atomic mass is 10.3. The quantitative estimate of drug-likeness (QED) is 0.901. The van der Waals surface area contributed by atoms with Gasteiger partial charge in [-0.1, -0.05) is 18.2 Å². The first kappa shape index (κ1) is 14.0. The Bertz CT molecular complexity index is 733. The summed E-state index contributed by atoms with van der Waals surface area (Å²) in [6, 6.07) is 4.79. The number of nitrogens with zero attached hydrogens (tertiary/aromatic N) is 2. The van der Waals surface area contributed by atoms with Crippen LogP contribution in [0.4, 0.5) is 0 Å². The number of hydrogen-bond acceptors (Lipinski definition) is 4. The van der Waals surface area contributed by atoms with Gasteiger partial charge in [0.15, 0.2) is 0 Å². The van der Waals surface area contributed by atoms with Crippen LogP contribution in [0.1, 0.15) is 15.9 Å². The Kier molecular flexibility index (Phi) is 3.99. The predicted octanol–water partition coefficient (Wildman–Crippen LogP) is 1.47. The molecule has 2 heterocycles. The van der Waals surface area contributed by atoms with Crippen LogP contribution in [0.5, 0.6) is 0 Å². The molecule has 1 N–H and O–H groups in total. The zero-order valence-electron chi connectivity index (χ0n) is 10.4. The predicted molar refractivity (Wildman–Crippen MR) is 73.8 cm³/mol. The SMILES string of the molecule is O=C(O)c1ccn(S(=O)(=O)CC=Cc2cccnc2)c1. The Morgan fingerprint density at radius 1 is 1.40 bits per heavy atom. The van der Waals surface area contributed by atoms with Crippen molar-refractivity contribution in [2.24, 2.45) is 0 Å². The molecule has 0 amide bonds. The first-order valence-corrected chi connectivity index (χ1v) is 7.31. The summed E-state index contributed by atoms with van der Waals surface area (Å²) in [5.41, 5.74) is 0.728. The zero-order valence-corrected chi connectivity index (χ0v) is 11.2. The van der Waals surface area contributed by atoms with Crippen molar-refractivity contribution in [2.45, 2.75) is 0 Å². The number of aromatic nitrogens is 2. The molecule has 0 aliphatic heterocycles. The lowest BCUT2D eigenvalue weighted by Gasteiger charge is -2.01. The van der Waals surface area contributed by atoms with Crippen molar-refractivity contribution in [1.82, 2.24) is 8.96 Å². The van der Waals surface area contributed by atoms with Gasteiger partial charge in [-0.2, -0.15) is 0 Å². The van der Waals surface area contributed by atoms with Crippen LogP contribution >= 0.6 is 0 Å². The van der Waals surface area contributed by atoms with E-state index in [1.807, 2.05) is 0 Å². The topological polar surface area (TPSA) is 89.3 Å². The summed E-state index contributed by atoms with van der Waals surface area (Å²) in [4.78, 5) is 14.6. The van der Waals surface area contributed by atoms with Gasteiger partial charge in [0.2, 0.25) is 10.0 Å². The fourth-order valence-electron chi connectivity index (χ4n) is 1.54. The van der Waals surface area contributed by atoms with Gasteiger partial charge in [0.25, 0.3) is 0 Å². The second-order valence-corrected chi connectivity index (χ2v) is 5.92. The number of carboxylic acid groups (broad SMARTS) is 1. The highest BCUT2D eigenvalue weighted by Gasteiger charge is 2.13. The van der Waals surface area contributed by atoms with Gasteiger partial charge in [-0.05, 0) is 17.7 Å². The second kappa shape index (κ2) is 5.70. The summed E-state index contributed by atoms with van der Waals surface area (Å²) < 4.78 is 24.8. The number of carbonyl (C=O) groups is 1. The molecule has 0 aliphatic rings. The molecule has 2 aromatic heterocycles. The average Bonchev–Trinajstić information content (AvgIpc) is 2.90. The maximum Gasteiger partial charge on any atom is 0.337 e. The van der Waals surface area contributed by atoms with Gasteiger partial charge >= 0.3 is 5.97 Å². The normalized spacial score (nSPS) is 11.8. The van der Waals surface area contributed by atoms with Crippen molar-refractivity contribution < 1.29 is 18.3 Å². The number of hydrogen-bond donors (Lipinski definition) is 1. The summed E-state index contributed by atoms with van der Waals surface area (Å²) in [6.07, 6.45) is 8.67. The van der Waals surface area contributed by atoms with Crippen LogP contribution in [0.15, 0.2) is 49.1 Å². The van der Waals surface area contributed by atoms with Crippen molar-refractivity contribution in [3.8, 4) is 0 Å². The summed E-state index contributed by atoms with van der Waals surface area (Å²) in [5, 5.41) is 8.76. The molecule has 0 saturated carbocycles. The average molecular weight is 292 g/mol. The maximum absolute atomic E-state index is 12.0. The van der Waals surface area contributed by atoms with Crippen molar-refractivity contribution in [3.05, 3.63) is 60.2 Å². The van der Waals surface area contributed by atoms with E-state index < -0.39 is 16.0 Å². The van der Waals surface area contributed by atoms with E-state index in [0.29, 0.717) is 0 Å². The molecule has 2 aromatic rings. The Morgan fingerprint density at radius 3 is 2.80 bits per heavy atom. The van der Waals surface area contributed by atoms with Crippen molar-refractivity contribution >= 4 is 22.1 Å². The van der Waals surface area contributed by atoms with Crippen LogP contribution < -0.4 is 0 Å². The third-order valence-corrected chi connectivity index (χ3v) is 4.02. The number of pyridine rings is 1. The molecule has 6 nitrogen and oxygen atoms in total. The largest absolute Gasteiger partial charge is 0.478 e. The number of carboxylic acids is 1. The molecule has 0 bridgehead atoms. The molecular formula is C13H12N2O4S. The molecule has 0 unspecified atom stereocenters. The zero-order chi connectivity index (χ0) is 14.6. The van der Waals surface area contributed by atoms with Gasteiger partial charge in [-0.25, -0.2) is 13.2 Å². The van der Waals surface area contributed by atoms with Crippen molar-refractivity contribution in [1.29, 1.82) is 0 Å². The molecular weight excluding hydrogens is 280 g/mol. The van der Waals surface area contributed by atoms with Gasteiger partial charge in [-0.15, -0.1) is 0 Å².